The summed E-state index contributed by atoms with van der Waals surface area (Å²) in [6.45, 7) is 3.09. The van der Waals surface area contributed by atoms with Crippen molar-refractivity contribution in [2.75, 3.05) is 20.1 Å². The molecular weight excluding hydrogens is 577 g/mol. The first-order valence-electron chi connectivity index (χ1n) is 15.2. The number of hydrogen-bond donors (Lipinski definition) is 1. The van der Waals surface area contributed by atoms with E-state index in [1.54, 1.807) is 24.1 Å². The molecule has 3 fully saturated rings. The van der Waals surface area contributed by atoms with Gasteiger partial charge in [0.25, 0.3) is 0 Å². The maximum atomic E-state index is 13.5. The molecule has 0 unspecified atom stereocenters. The van der Waals surface area contributed by atoms with Gasteiger partial charge < -0.3 is 24.2 Å². The van der Waals surface area contributed by atoms with Gasteiger partial charge in [-0.3, -0.25) is 14.5 Å². The number of amides is 1. The van der Waals surface area contributed by atoms with Crippen LogP contribution in [0, 0.1) is 5.92 Å². The van der Waals surface area contributed by atoms with Crippen LogP contribution < -0.4 is 14.2 Å². The number of likely N-dealkylation sites (N-methyl/N-ethyl adjacent to an activating group) is 1. The molecule has 5 aliphatic rings. The molecule has 8 nitrogen and oxygen atoms in total. The van der Waals surface area contributed by atoms with Crippen LogP contribution in [-0.2, 0) is 21.4 Å². The summed E-state index contributed by atoms with van der Waals surface area (Å²) < 4.78 is 54.3. The van der Waals surface area contributed by atoms with Gasteiger partial charge in [0, 0.05) is 38.2 Å². The van der Waals surface area contributed by atoms with Crippen molar-refractivity contribution in [1.29, 1.82) is 0 Å². The number of hydrogen-bond acceptors (Lipinski definition) is 7. The summed E-state index contributed by atoms with van der Waals surface area (Å²) in [6.07, 6.45) is 2.08. The highest BCUT2D eigenvalue weighted by Gasteiger charge is 2.73. The largest absolute Gasteiger partial charge is 0.573 e. The number of benzene rings is 2. The van der Waals surface area contributed by atoms with Gasteiger partial charge in [0.2, 0.25) is 5.91 Å². The van der Waals surface area contributed by atoms with E-state index in [0.717, 1.165) is 24.2 Å². The molecule has 2 aromatic rings. The summed E-state index contributed by atoms with van der Waals surface area (Å²) >= 11 is 0. The third-order valence-electron chi connectivity index (χ3n) is 10.3. The van der Waals surface area contributed by atoms with E-state index < -0.39 is 35.5 Å². The van der Waals surface area contributed by atoms with Crippen molar-refractivity contribution in [3.63, 3.8) is 0 Å². The maximum absolute atomic E-state index is 13.5. The number of piperidine rings is 1. The second-order valence-electron chi connectivity index (χ2n) is 12.9. The predicted octanol–water partition coefficient (Wildman–Crippen LogP) is 4.62. The van der Waals surface area contributed by atoms with Crippen LogP contribution in [0.15, 0.2) is 42.5 Å². The summed E-state index contributed by atoms with van der Waals surface area (Å²) in [5.74, 6) is 0.257. The topological polar surface area (TPSA) is 88.5 Å². The van der Waals surface area contributed by atoms with Crippen molar-refractivity contribution in [2.45, 2.75) is 81.0 Å². The fraction of sp³-hybridized carbons (Fsp3) is 0.515. The number of alkyl halides is 3. The molecule has 5 atom stereocenters. The Kier molecular flexibility index (Phi) is 6.78. The lowest BCUT2D eigenvalue weighted by Crippen LogP contribution is -2.78. The molecule has 2 aliphatic heterocycles. The van der Waals surface area contributed by atoms with Gasteiger partial charge in [-0.05, 0) is 86.4 Å². The van der Waals surface area contributed by atoms with Crippen molar-refractivity contribution < 1.29 is 42.1 Å². The van der Waals surface area contributed by atoms with Crippen LogP contribution in [0.3, 0.4) is 0 Å². The highest BCUT2D eigenvalue weighted by atomic mass is 19.4. The number of nitrogens with zero attached hydrogens (tertiary/aromatic N) is 2. The van der Waals surface area contributed by atoms with Crippen LogP contribution in [0.25, 0.3) is 6.08 Å². The first kappa shape index (κ1) is 29.2. The van der Waals surface area contributed by atoms with E-state index in [-0.39, 0.29) is 17.7 Å². The maximum Gasteiger partial charge on any atom is 0.573 e. The quantitative estimate of drug-likeness (QED) is 0.278. The van der Waals surface area contributed by atoms with Gasteiger partial charge in [-0.2, -0.15) is 0 Å². The molecule has 44 heavy (non-hydrogen) atoms. The first-order valence-corrected chi connectivity index (χ1v) is 15.2. The van der Waals surface area contributed by atoms with Gasteiger partial charge in [0.1, 0.15) is 11.9 Å². The Labute approximate surface area is 253 Å². The van der Waals surface area contributed by atoms with Crippen LogP contribution in [0.5, 0.6) is 17.2 Å². The molecule has 234 valence electrons. The Morgan fingerprint density at radius 2 is 1.98 bits per heavy atom. The normalized spacial score (nSPS) is 30.5. The highest BCUT2D eigenvalue weighted by Crippen LogP contribution is 2.66. The summed E-state index contributed by atoms with van der Waals surface area (Å²) in [4.78, 5) is 29.6. The number of rotatable bonds is 7. The number of carbonyl (C=O) groups is 2. The van der Waals surface area contributed by atoms with E-state index in [1.165, 1.54) is 50.1 Å². The Hall–Kier alpha value is -3.57. The Morgan fingerprint density at radius 1 is 1.18 bits per heavy atom. The van der Waals surface area contributed by atoms with Crippen LogP contribution in [0.4, 0.5) is 13.2 Å². The fourth-order valence-electron chi connectivity index (χ4n) is 8.34. The zero-order valence-corrected chi connectivity index (χ0v) is 24.6. The molecule has 3 aliphatic carbocycles. The summed E-state index contributed by atoms with van der Waals surface area (Å²) in [7, 11) is 1.68. The van der Waals surface area contributed by atoms with E-state index >= 15 is 0 Å². The molecule has 2 aromatic carbocycles. The molecule has 1 N–H and O–H groups in total. The Balaban J connectivity index is 1.21. The van der Waals surface area contributed by atoms with E-state index in [0.29, 0.717) is 48.7 Å². The van der Waals surface area contributed by atoms with Gasteiger partial charge in [0.05, 0.1) is 17.1 Å². The lowest BCUT2D eigenvalue weighted by molar-refractivity contribution is -0.274. The zero-order chi connectivity index (χ0) is 31.0. The summed E-state index contributed by atoms with van der Waals surface area (Å²) in [6, 6.07) is 8.66. The molecule has 0 radical (unpaired) electrons. The number of carbonyl (C=O) groups excluding carboxylic acids is 2. The lowest BCUT2D eigenvalue weighted by Gasteiger charge is -2.64. The minimum absolute atomic E-state index is 0.0889. The van der Waals surface area contributed by atoms with E-state index in [4.69, 9.17) is 9.47 Å². The molecular formula is C33H35F3N2O6. The SMILES string of the molecule is CC(=O)Oc1ccc2c3c1O[C@H]1[C@H](N(C)C(=O)C=Cc4cccc(OC(F)(F)F)c4)CC[C@@]4(O)[C@@H](C2)N(CC2CC2)CC[C@]314. The van der Waals surface area contributed by atoms with Crippen molar-refractivity contribution in [3.05, 3.63) is 59.2 Å². The molecule has 0 aromatic heterocycles. The molecule has 11 heteroatoms. The smallest absolute Gasteiger partial charge is 0.483 e. The summed E-state index contributed by atoms with van der Waals surface area (Å²) in [5.41, 5.74) is 0.468. The number of esters is 1. The number of likely N-dealkylation sites (tertiary alicyclic amines) is 1. The monoisotopic (exact) mass is 612 g/mol. The molecule has 1 amide bonds. The molecule has 2 saturated carbocycles. The van der Waals surface area contributed by atoms with Crippen molar-refractivity contribution in [3.8, 4) is 17.2 Å². The summed E-state index contributed by atoms with van der Waals surface area (Å²) in [5, 5.41) is 12.7. The van der Waals surface area contributed by atoms with E-state index in [9.17, 15) is 27.9 Å². The van der Waals surface area contributed by atoms with Gasteiger partial charge in [-0.15, -0.1) is 13.2 Å². The second-order valence-corrected chi connectivity index (χ2v) is 12.9. The van der Waals surface area contributed by atoms with Crippen molar-refractivity contribution >= 4 is 18.0 Å². The lowest BCUT2D eigenvalue weighted by atomic mass is 9.48. The first-order chi connectivity index (χ1) is 20.9. The van der Waals surface area contributed by atoms with Gasteiger partial charge in [-0.25, -0.2) is 0 Å². The number of aliphatic hydroxyl groups is 1. The minimum atomic E-state index is -4.82. The highest BCUT2D eigenvalue weighted by molar-refractivity contribution is 5.92. The van der Waals surface area contributed by atoms with Gasteiger partial charge in [0.15, 0.2) is 11.5 Å². The second kappa shape index (κ2) is 10.2. The predicted molar refractivity (Wildman–Crippen MR) is 153 cm³/mol. The minimum Gasteiger partial charge on any atom is -0.483 e. The van der Waals surface area contributed by atoms with Gasteiger partial charge >= 0.3 is 12.3 Å². The molecule has 1 spiro atoms. The molecule has 1 saturated heterocycles. The Morgan fingerprint density at radius 3 is 2.70 bits per heavy atom. The van der Waals surface area contributed by atoms with E-state index in [2.05, 4.69) is 9.64 Å². The average Bonchev–Trinajstić information content (AvgIpc) is 3.70. The van der Waals surface area contributed by atoms with Crippen molar-refractivity contribution in [1.82, 2.24) is 9.80 Å². The van der Waals surface area contributed by atoms with Crippen LogP contribution in [0.1, 0.15) is 55.7 Å². The third-order valence-corrected chi connectivity index (χ3v) is 10.3. The van der Waals surface area contributed by atoms with Gasteiger partial charge in [-0.1, -0.05) is 18.2 Å². The van der Waals surface area contributed by atoms with E-state index in [1.807, 2.05) is 6.07 Å². The number of halogens is 3. The van der Waals surface area contributed by atoms with Crippen LogP contribution in [0.2, 0.25) is 0 Å². The standard InChI is InChI=1S/C33H35F3N2O6/c1-19(39)42-25-10-9-22-17-26-32(41)13-12-24(30-31(32,28(22)29(25)43-30)14-15-38(26)18-21-6-7-21)37(2)27(40)11-8-20-4-3-5-23(16-20)44-33(34,35)36/h3-5,8-11,16,21,24,26,30,41H,6-7,12-15,17-18H2,1-2H3/t24-,26-,30+,31+,32-/m1/s1. The van der Waals surface area contributed by atoms with Crippen LogP contribution in [-0.4, -0.2) is 77.1 Å². The molecule has 7 rings (SSSR count). The third kappa shape index (κ3) is 4.67. The Bertz CT molecular complexity index is 1540. The average molecular weight is 613 g/mol. The van der Waals surface area contributed by atoms with Crippen LogP contribution >= 0.6 is 0 Å². The molecule has 2 heterocycles. The zero-order valence-electron chi connectivity index (χ0n) is 24.6. The molecule has 2 bridgehead atoms. The fourth-order valence-corrected chi connectivity index (χ4v) is 8.34. The number of ether oxygens (including phenoxy) is 3. The van der Waals surface area contributed by atoms with Crippen molar-refractivity contribution in [2.24, 2.45) is 5.92 Å².